The largest absolute Gasteiger partial charge is 0.330 e. The first-order valence-corrected chi connectivity index (χ1v) is 7.86. The van der Waals surface area contributed by atoms with Crippen molar-refractivity contribution in [1.82, 2.24) is 0 Å². The number of anilines is 1. The molecule has 108 valence electrons. The standard InChI is InChI=1S/C17H24N2O/c18-9-4-10-19(15-5-2-1-3-6-15)17(20)16-12-13-7-8-14(16)11-13/h1-3,5-6,13-14,16H,4,7-12,18H2. The first-order valence-electron chi connectivity index (χ1n) is 7.86. The fourth-order valence-electron chi connectivity index (χ4n) is 3.97. The maximum Gasteiger partial charge on any atom is 0.230 e. The van der Waals surface area contributed by atoms with Gasteiger partial charge in [-0.15, -0.1) is 0 Å². The minimum absolute atomic E-state index is 0.256. The summed E-state index contributed by atoms with van der Waals surface area (Å²) < 4.78 is 0. The average Bonchev–Trinajstić information content (AvgIpc) is 3.11. The normalized spacial score (nSPS) is 27.8. The lowest BCUT2D eigenvalue weighted by atomic mass is 9.87. The van der Waals surface area contributed by atoms with Crippen molar-refractivity contribution < 1.29 is 4.79 Å². The first-order chi connectivity index (χ1) is 9.79. The molecule has 3 nitrogen and oxygen atoms in total. The second-order valence-electron chi connectivity index (χ2n) is 6.25. The van der Waals surface area contributed by atoms with Crippen molar-refractivity contribution in [3.05, 3.63) is 30.3 Å². The molecule has 2 aliphatic rings. The molecule has 3 unspecified atom stereocenters. The van der Waals surface area contributed by atoms with Gasteiger partial charge < -0.3 is 10.6 Å². The number of hydrogen-bond acceptors (Lipinski definition) is 2. The number of hydrogen-bond donors (Lipinski definition) is 1. The zero-order valence-electron chi connectivity index (χ0n) is 12.0. The van der Waals surface area contributed by atoms with E-state index in [9.17, 15) is 4.79 Å². The molecule has 2 fully saturated rings. The molecular weight excluding hydrogens is 248 g/mol. The molecular formula is C17H24N2O. The van der Waals surface area contributed by atoms with Crippen molar-refractivity contribution in [3.8, 4) is 0 Å². The topological polar surface area (TPSA) is 46.3 Å². The molecule has 1 amide bonds. The van der Waals surface area contributed by atoms with Gasteiger partial charge in [-0.3, -0.25) is 4.79 Å². The molecule has 2 aliphatic carbocycles. The smallest absolute Gasteiger partial charge is 0.230 e. The van der Waals surface area contributed by atoms with E-state index >= 15 is 0 Å². The molecule has 1 aromatic carbocycles. The van der Waals surface area contributed by atoms with Crippen LogP contribution in [-0.2, 0) is 4.79 Å². The number of benzene rings is 1. The van der Waals surface area contributed by atoms with Crippen LogP contribution in [0.3, 0.4) is 0 Å². The fraction of sp³-hybridized carbons (Fsp3) is 0.588. The van der Waals surface area contributed by atoms with Gasteiger partial charge in [0.1, 0.15) is 0 Å². The maximum absolute atomic E-state index is 12.9. The van der Waals surface area contributed by atoms with E-state index in [0.29, 0.717) is 18.4 Å². The number of fused-ring (bicyclic) bond motifs is 2. The molecule has 0 spiro atoms. The summed E-state index contributed by atoms with van der Waals surface area (Å²) >= 11 is 0. The predicted molar refractivity (Wildman–Crippen MR) is 81.4 cm³/mol. The van der Waals surface area contributed by atoms with Gasteiger partial charge >= 0.3 is 0 Å². The Kier molecular flexibility index (Phi) is 4.06. The summed E-state index contributed by atoms with van der Waals surface area (Å²) in [7, 11) is 0. The van der Waals surface area contributed by atoms with E-state index in [1.54, 1.807) is 0 Å². The maximum atomic E-state index is 12.9. The highest BCUT2D eigenvalue weighted by Gasteiger charge is 2.44. The summed E-state index contributed by atoms with van der Waals surface area (Å²) in [5, 5.41) is 0. The molecule has 0 saturated heterocycles. The molecule has 2 saturated carbocycles. The third kappa shape index (κ3) is 2.59. The Morgan fingerprint density at radius 2 is 2.00 bits per heavy atom. The molecule has 3 heteroatoms. The Hall–Kier alpha value is -1.35. The van der Waals surface area contributed by atoms with E-state index in [1.807, 2.05) is 35.2 Å². The number of nitrogens with zero attached hydrogens (tertiary/aromatic N) is 1. The Balaban J connectivity index is 1.76. The van der Waals surface area contributed by atoms with Crippen LogP contribution >= 0.6 is 0 Å². The van der Waals surface area contributed by atoms with Crippen molar-refractivity contribution >= 4 is 11.6 Å². The zero-order valence-corrected chi connectivity index (χ0v) is 12.0. The van der Waals surface area contributed by atoms with Crippen LogP contribution in [0.5, 0.6) is 0 Å². The number of para-hydroxylation sites is 1. The van der Waals surface area contributed by atoms with E-state index in [1.165, 1.54) is 19.3 Å². The summed E-state index contributed by atoms with van der Waals surface area (Å²) in [6, 6.07) is 10.0. The summed E-state index contributed by atoms with van der Waals surface area (Å²) in [5.74, 6) is 2.03. The highest BCUT2D eigenvalue weighted by atomic mass is 16.2. The van der Waals surface area contributed by atoms with Gasteiger partial charge in [0.15, 0.2) is 0 Å². The van der Waals surface area contributed by atoms with Gasteiger partial charge in [0.2, 0.25) is 5.91 Å². The average molecular weight is 272 g/mol. The second kappa shape index (κ2) is 5.96. The second-order valence-corrected chi connectivity index (χ2v) is 6.25. The van der Waals surface area contributed by atoms with Gasteiger partial charge in [-0.05, 0) is 56.2 Å². The predicted octanol–water partition coefficient (Wildman–Crippen LogP) is 2.80. The third-order valence-corrected chi connectivity index (χ3v) is 4.98. The van der Waals surface area contributed by atoms with Crippen LogP contribution in [0.15, 0.2) is 30.3 Å². The monoisotopic (exact) mass is 272 g/mol. The van der Waals surface area contributed by atoms with Gasteiger partial charge in [0.25, 0.3) is 0 Å². The van der Waals surface area contributed by atoms with Crippen molar-refractivity contribution in [2.75, 3.05) is 18.0 Å². The summed E-state index contributed by atoms with van der Waals surface area (Å²) in [6.45, 7) is 1.38. The molecule has 0 radical (unpaired) electrons. The Labute approximate surface area is 121 Å². The zero-order chi connectivity index (χ0) is 13.9. The van der Waals surface area contributed by atoms with Gasteiger partial charge in [-0.2, -0.15) is 0 Å². The van der Waals surface area contributed by atoms with Crippen LogP contribution in [-0.4, -0.2) is 19.0 Å². The number of amides is 1. The molecule has 0 aliphatic heterocycles. The van der Waals surface area contributed by atoms with Crippen LogP contribution in [0.1, 0.15) is 32.1 Å². The minimum Gasteiger partial charge on any atom is -0.330 e. The van der Waals surface area contributed by atoms with Crippen molar-refractivity contribution in [2.24, 2.45) is 23.5 Å². The Morgan fingerprint density at radius 1 is 1.20 bits per heavy atom. The van der Waals surface area contributed by atoms with Crippen molar-refractivity contribution in [1.29, 1.82) is 0 Å². The number of nitrogens with two attached hydrogens (primary N) is 1. The SMILES string of the molecule is NCCCN(C(=O)C1CC2CCC1C2)c1ccccc1. The third-order valence-electron chi connectivity index (χ3n) is 4.98. The van der Waals surface area contributed by atoms with E-state index in [2.05, 4.69) is 0 Å². The quantitative estimate of drug-likeness (QED) is 0.896. The summed E-state index contributed by atoms with van der Waals surface area (Å²) in [6.07, 6.45) is 5.83. The van der Waals surface area contributed by atoms with Crippen molar-refractivity contribution in [2.45, 2.75) is 32.1 Å². The van der Waals surface area contributed by atoms with E-state index in [0.717, 1.165) is 31.0 Å². The highest BCUT2D eigenvalue weighted by Crippen LogP contribution is 2.49. The molecule has 20 heavy (non-hydrogen) atoms. The lowest BCUT2D eigenvalue weighted by molar-refractivity contribution is -0.123. The van der Waals surface area contributed by atoms with E-state index in [4.69, 9.17) is 5.73 Å². The Bertz CT molecular complexity index is 459. The van der Waals surface area contributed by atoms with E-state index in [-0.39, 0.29) is 5.92 Å². The molecule has 1 aromatic rings. The number of carbonyl (C=O) groups is 1. The van der Waals surface area contributed by atoms with Crippen LogP contribution < -0.4 is 10.6 Å². The molecule has 3 atom stereocenters. The van der Waals surface area contributed by atoms with Crippen LogP contribution in [0.4, 0.5) is 5.69 Å². The number of rotatable bonds is 5. The van der Waals surface area contributed by atoms with Crippen LogP contribution in [0, 0.1) is 17.8 Å². The lowest BCUT2D eigenvalue weighted by Gasteiger charge is -2.29. The van der Waals surface area contributed by atoms with Gasteiger partial charge in [-0.25, -0.2) is 0 Å². The molecule has 3 rings (SSSR count). The number of carbonyl (C=O) groups excluding carboxylic acids is 1. The molecule has 2 bridgehead atoms. The van der Waals surface area contributed by atoms with Crippen molar-refractivity contribution in [3.63, 3.8) is 0 Å². The highest BCUT2D eigenvalue weighted by molar-refractivity contribution is 5.95. The molecule has 2 N–H and O–H groups in total. The lowest BCUT2D eigenvalue weighted by Crippen LogP contribution is -2.39. The van der Waals surface area contributed by atoms with Crippen LogP contribution in [0.25, 0.3) is 0 Å². The summed E-state index contributed by atoms with van der Waals surface area (Å²) in [4.78, 5) is 14.9. The first kappa shape index (κ1) is 13.6. The van der Waals surface area contributed by atoms with Gasteiger partial charge in [0.05, 0.1) is 0 Å². The summed E-state index contributed by atoms with van der Waals surface area (Å²) in [5.41, 5.74) is 6.65. The van der Waals surface area contributed by atoms with E-state index < -0.39 is 0 Å². The Morgan fingerprint density at radius 3 is 2.60 bits per heavy atom. The van der Waals surface area contributed by atoms with Crippen LogP contribution in [0.2, 0.25) is 0 Å². The van der Waals surface area contributed by atoms with Gasteiger partial charge in [-0.1, -0.05) is 24.6 Å². The van der Waals surface area contributed by atoms with Gasteiger partial charge in [0, 0.05) is 18.2 Å². The molecule has 0 heterocycles. The molecule has 0 aromatic heterocycles. The minimum atomic E-state index is 0.256. The fourth-order valence-corrected chi connectivity index (χ4v) is 3.97.